The maximum Gasteiger partial charge on any atom is 0.306 e. The normalized spacial score (nSPS) is 10.2. The molecule has 0 bridgehead atoms. The molecule has 9 heteroatoms. The van der Waals surface area contributed by atoms with Crippen LogP contribution in [0.3, 0.4) is 0 Å². The van der Waals surface area contributed by atoms with Crippen molar-refractivity contribution in [3.63, 3.8) is 0 Å². The van der Waals surface area contributed by atoms with Crippen LogP contribution in [0.5, 0.6) is 0 Å². The molecule has 1 amide bonds. The van der Waals surface area contributed by atoms with E-state index in [1.54, 1.807) is 24.3 Å². The second-order valence-electron chi connectivity index (χ2n) is 5.71. The van der Waals surface area contributed by atoms with Gasteiger partial charge >= 0.3 is 5.97 Å². The van der Waals surface area contributed by atoms with E-state index >= 15 is 0 Å². The van der Waals surface area contributed by atoms with Crippen molar-refractivity contribution in [3.8, 4) is 0 Å². The molecule has 2 N–H and O–H groups in total. The third-order valence-corrected chi connectivity index (χ3v) is 4.52. The summed E-state index contributed by atoms with van der Waals surface area (Å²) in [5.74, 6) is -0.912. The van der Waals surface area contributed by atoms with Gasteiger partial charge in [-0.05, 0) is 30.9 Å². The zero-order valence-corrected chi connectivity index (χ0v) is 16.2. The fourth-order valence-electron chi connectivity index (χ4n) is 2.39. The average molecular weight is 403 g/mol. The molecule has 0 fully saturated rings. The van der Waals surface area contributed by atoms with Gasteiger partial charge in [-0.1, -0.05) is 24.3 Å². The fraction of sp³-hybridized carbons (Fsp3) is 0.263. The standard InChI is InChI=1S/C19H21N3O5S/c1-28-17-10-5-3-8-15(17)21-18(23)13-27-19(24)11-6-12-20-14-7-2-4-9-16(14)22(25)26/h2-5,7-10,20H,6,11-13H2,1H3,(H,21,23). The molecular formula is C19H21N3O5S. The first kappa shape index (κ1) is 21.2. The largest absolute Gasteiger partial charge is 0.456 e. The van der Waals surface area contributed by atoms with Crippen molar-refractivity contribution in [1.82, 2.24) is 0 Å². The number of anilines is 2. The van der Waals surface area contributed by atoms with Crippen molar-refractivity contribution in [1.29, 1.82) is 0 Å². The summed E-state index contributed by atoms with van der Waals surface area (Å²) >= 11 is 1.50. The third-order valence-electron chi connectivity index (χ3n) is 3.72. The molecule has 0 aliphatic carbocycles. The number of benzene rings is 2. The first-order chi connectivity index (χ1) is 13.5. The predicted octanol–water partition coefficient (Wildman–Crippen LogP) is 3.69. The fourth-order valence-corrected chi connectivity index (χ4v) is 2.94. The molecule has 28 heavy (non-hydrogen) atoms. The lowest BCUT2D eigenvalue weighted by molar-refractivity contribution is -0.384. The zero-order chi connectivity index (χ0) is 20.4. The van der Waals surface area contributed by atoms with Gasteiger partial charge in [0.05, 0.1) is 10.6 Å². The maximum atomic E-state index is 11.9. The van der Waals surface area contributed by atoms with E-state index in [2.05, 4.69) is 10.6 Å². The SMILES string of the molecule is CSc1ccccc1NC(=O)COC(=O)CCCNc1ccccc1[N+](=O)[O-]. The summed E-state index contributed by atoms with van der Waals surface area (Å²) in [6.45, 7) is 0.00633. The molecule has 0 unspecified atom stereocenters. The minimum absolute atomic E-state index is 0.0210. The van der Waals surface area contributed by atoms with E-state index in [0.717, 1.165) is 4.90 Å². The van der Waals surface area contributed by atoms with E-state index in [-0.39, 0.29) is 18.7 Å². The van der Waals surface area contributed by atoms with Gasteiger partial charge < -0.3 is 15.4 Å². The molecule has 0 heterocycles. The van der Waals surface area contributed by atoms with Crippen LogP contribution in [-0.2, 0) is 14.3 Å². The van der Waals surface area contributed by atoms with Crippen molar-refractivity contribution in [3.05, 3.63) is 58.6 Å². The number of hydrogen-bond acceptors (Lipinski definition) is 7. The quantitative estimate of drug-likeness (QED) is 0.205. The van der Waals surface area contributed by atoms with E-state index < -0.39 is 16.8 Å². The molecule has 0 saturated heterocycles. The number of nitrogens with one attached hydrogen (secondary N) is 2. The van der Waals surface area contributed by atoms with Gasteiger partial charge in [-0.2, -0.15) is 0 Å². The van der Waals surface area contributed by atoms with Crippen LogP contribution < -0.4 is 10.6 Å². The van der Waals surface area contributed by atoms with Gasteiger partial charge in [-0.15, -0.1) is 11.8 Å². The number of hydrogen-bond donors (Lipinski definition) is 2. The van der Waals surface area contributed by atoms with Crippen LogP contribution in [0.2, 0.25) is 0 Å². The highest BCUT2D eigenvalue weighted by molar-refractivity contribution is 7.98. The van der Waals surface area contributed by atoms with E-state index in [0.29, 0.717) is 24.3 Å². The molecule has 0 atom stereocenters. The molecule has 0 saturated carbocycles. The van der Waals surface area contributed by atoms with Crippen molar-refractivity contribution < 1.29 is 19.2 Å². The Hall–Kier alpha value is -3.07. The topological polar surface area (TPSA) is 111 Å². The highest BCUT2D eigenvalue weighted by Crippen LogP contribution is 2.24. The van der Waals surface area contributed by atoms with Gasteiger partial charge in [0.15, 0.2) is 6.61 Å². The number of para-hydroxylation sites is 3. The van der Waals surface area contributed by atoms with Crippen molar-refractivity contribution in [2.45, 2.75) is 17.7 Å². The van der Waals surface area contributed by atoms with Gasteiger partial charge in [-0.3, -0.25) is 19.7 Å². The molecule has 0 aliphatic heterocycles. The van der Waals surface area contributed by atoms with Crippen LogP contribution in [0.4, 0.5) is 17.1 Å². The number of carbonyl (C=O) groups excluding carboxylic acids is 2. The molecule has 0 aromatic heterocycles. The molecule has 0 spiro atoms. The van der Waals surface area contributed by atoms with Gasteiger partial charge in [0, 0.05) is 23.9 Å². The minimum Gasteiger partial charge on any atom is -0.456 e. The van der Waals surface area contributed by atoms with Gasteiger partial charge in [-0.25, -0.2) is 0 Å². The van der Waals surface area contributed by atoms with Crippen molar-refractivity contribution >= 4 is 40.7 Å². The lowest BCUT2D eigenvalue weighted by atomic mass is 10.2. The molecular weight excluding hydrogens is 382 g/mol. The summed E-state index contributed by atoms with van der Waals surface area (Å²) in [5, 5.41) is 16.6. The molecule has 0 radical (unpaired) electrons. The first-order valence-corrected chi connectivity index (χ1v) is 9.79. The number of nitro groups is 1. The van der Waals surface area contributed by atoms with Gasteiger partial charge in [0.1, 0.15) is 5.69 Å². The highest BCUT2D eigenvalue weighted by Gasteiger charge is 2.12. The third kappa shape index (κ3) is 6.58. The van der Waals surface area contributed by atoms with E-state index in [9.17, 15) is 19.7 Å². The number of nitrogens with zero attached hydrogens (tertiary/aromatic N) is 1. The number of thioether (sulfide) groups is 1. The number of esters is 1. The monoisotopic (exact) mass is 403 g/mol. The minimum atomic E-state index is -0.502. The van der Waals surface area contributed by atoms with Crippen molar-refractivity contribution in [2.75, 3.05) is 30.0 Å². The Labute approximate surface area is 166 Å². The summed E-state index contributed by atoms with van der Waals surface area (Å²) in [4.78, 5) is 35.1. The Morgan fingerprint density at radius 3 is 2.50 bits per heavy atom. The van der Waals surface area contributed by atoms with Crippen molar-refractivity contribution in [2.24, 2.45) is 0 Å². The van der Waals surface area contributed by atoms with Gasteiger partial charge in [0.25, 0.3) is 11.6 Å². The molecule has 8 nitrogen and oxygen atoms in total. The number of ether oxygens (including phenoxy) is 1. The highest BCUT2D eigenvalue weighted by atomic mass is 32.2. The molecule has 148 valence electrons. The maximum absolute atomic E-state index is 11.9. The van der Waals surface area contributed by atoms with Gasteiger partial charge in [0.2, 0.25) is 0 Å². The molecule has 2 aromatic rings. The van der Waals surface area contributed by atoms with Crippen LogP contribution in [0.15, 0.2) is 53.4 Å². The Balaban J connectivity index is 1.69. The van der Waals surface area contributed by atoms with E-state index in [1.165, 1.54) is 17.8 Å². The van der Waals surface area contributed by atoms with Crippen LogP contribution in [0.25, 0.3) is 0 Å². The van der Waals surface area contributed by atoms with Crippen LogP contribution in [0.1, 0.15) is 12.8 Å². The summed E-state index contributed by atoms with van der Waals surface area (Å²) in [6.07, 6.45) is 2.42. The molecule has 2 aromatic carbocycles. The second-order valence-corrected chi connectivity index (χ2v) is 6.56. The lowest BCUT2D eigenvalue weighted by Gasteiger charge is -2.10. The number of amides is 1. The van der Waals surface area contributed by atoms with Crippen LogP contribution in [0, 0.1) is 10.1 Å². The first-order valence-electron chi connectivity index (χ1n) is 8.57. The van der Waals surface area contributed by atoms with E-state index in [1.807, 2.05) is 24.5 Å². The summed E-state index contributed by atoms with van der Waals surface area (Å²) in [7, 11) is 0. The Bertz CT molecular complexity index is 844. The molecule has 2 rings (SSSR count). The predicted molar refractivity (Wildman–Crippen MR) is 109 cm³/mol. The Morgan fingerprint density at radius 1 is 1.11 bits per heavy atom. The number of carbonyl (C=O) groups is 2. The second kappa shape index (κ2) is 10.9. The Morgan fingerprint density at radius 2 is 1.79 bits per heavy atom. The summed E-state index contributed by atoms with van der Waals surface area (Å²) in [5.41, 5.74) is 1.05. The number of rotatable bonds is 10. The van der Waals surface area contributed by atoms with Crippen LogP contribution in [-0.4, -0.2) is 36.2 Å². The smallest absolute Gasteiger partial charge is 0.306 e. The molecule has 0 aliphatic rings. The summed E-state index contributed by atoms with van der Waals surface area (Å²) in [6, 6.07) is 13.6. The number of nitro benzene ring substituents is 1. The zero-order valence-electron chi connectivity index (χ0n) is 15.3. The lowest BCUT2D eigenvalue weighted by Crippen LogP contribution is -2.21. The Kier molecular flexibility index (Phi) is 8.29. The summed E-state index contributed by atoms with van der Waals surface area (Å²) < 4.78 is 4.97. The van der Waals surface area contributed by atoms with Crippen LogP contribution >= 0.6 is 11.8 Å². The average Bonchev–Trinajstić information content (AvgIpc) is 2.70. The van der Waals surface area contributed by atoms with E-state index in [4.69, 9.17) is 4.74 Å².